The molecule has 0 aliphatic heterocycles. The molecule has 0 radical (unpaired) electrons. The normalized spacial score (nSPS) is 11.6. The molecule has 0 spiro atoms. The summed E-state index contributed by atoms with van der Waals surface area (Å²) in [5.41, 5.74) is 0.170. The summed E-state index contributed by atoms with van der Waals surface area (Å²) in [7, 11) is 0. The number of hydrogen-bond donors (Lipinski definition) is 2. The molecule has 0 saturated carbocycles. The van der Waals surface area contributed by atoms with Gasteiger partial charge in [-0.05, 0) is 22.0 Å². The predicted octanol–water partition coefficient (Wildman–Crippen LogP) is 2.16. The van der Waals surface area contributed by atoms with Gasteiger partial charge in [-0.15, -0.1) is 11.3 Å². The third-order valence-corrected chi connectivity index (χ3v) is 3.03. The number of halogens is 1. The van der Waals surface area contributed by atoms with E-state index < -0.39 is 5.97 Å². The van der Waals surface area contributed by atoms with E-state index in [1.54, 1.807) is 11.4 Å². The molecule has 13 heavy (non-hydrogen) atoms. The van der Waals surface area contributed by atoms with Crippen LogP contribution in [0.15, 0.2) is 21.1 Å². The van der Waals surface area contributed by atoms with Crippen LogP contribution >= 0.6 is 27.3 Å². The lowest BCUT2D eigenvalue weighted by molar-refractivity contribution is -0.135. The van der Waals surface area contributed by atoms with Crippen molar-refractivity contribution in [3.63, 3.8) is 0 Å². The number of carbonyl (C=O) groups is 1. The summed E-state index contributed by atoms with van der Waals surface area (Å²) in [4.78, 5) is 11.0. The Morgan fingerprint density at radius 3 is 2.77 bits per heavy atom. The number of carboxylic acids is 1. The highest BCUT2D eigenvalue weighted by atomic mass is 79.9. The molecular formula is C7H6BrNO3S. The Bertz CT molecular complexity index is 347. The van der Waals surface area contributed by atoms with Crippen molar-refractivity contribution in [2.45, 2.75) is 6.42 Å². The Morgan fingerprint density at radius 2 is 2.38 bits per heavy atom. The molecule has 1 heterocycles. The average Bonchev–Trinajstić information content (AvgIpc) is 2.47. The number of hydrogen-bond acceptors (Lipinski definition) is 4. The molecule has 6 heteroatoms. The molecule has 0 saturated heterocycles. The van der Waals surface area contributed by atoms with Crippen LogP contribution in [0.3, 0.4) is 0 Å². The van der Waals surface area contributed by atoms with Crippen molar-refractivity contribution in [2.24, 2.45) is 5.16 Å². The van der Waals surface area contributed by atoms with Gasteiger partial charge >= 0.3 is 5.97 Å². The van der Waals surface area contributed by atoms with Crippen molar-refractivity contribution in [1.29, 1.82) is 0 Å². The van der Waals surface area contributed by atoms with Gasteiger partial charge in [0.25, 0.3) is 0 Å². The second-order valence-electron chi connectivity index (χ2n) is 2.25. The SMILES string of the molecule is O=C(O)C/C(=N/O)c1cc(Br)cs1. The molecule has 1 aromatic heterocycles. The molecule has 4 nitrogen and oxygen atoms in total. The largest absolute Gasteiger partial charge is 0.481 e. The maximum Gasteiger partial charge on any atom is 0.309 e. The van der Waals surface area contributed by atoms with Crippen molar-refractivity contribution in [2.75, 3.05) is 0 Å². The minimum absolute atomic E-state index is 0.170. The van der Waals surface area contributed by atoms with Crippen molar-refractivity contribution < 1.29 is 15.1 Å². The fourth-order valence-corrected chi connectivity index (χ4v) is 2.19. The van der Waals surface area contributed by atoms with Gasteiger partial charge in [0.2, 0.25) is 0 Å². The minimum atomic E-state index is -1.02. The van der Waals surface area contributed by atoms with Crippen LogP contribution in [0.2, 0.25) is 0 Å². The number of thiophene rings is 1. The second-order valence-corrected chi connectivity index (χ2v) is 4.07. The van der Waals surface area contributed by atoms with E-state index in [-0.39, 0.29) is 12.1 Å². The Morgan fingerprint density at radius 1 is 1.69 bits per heavy atom. The molecule has 0 aliphatic rings. The number of aliphatic carboxylic acids is 1. The molecule has 0 aliphatic carbocycles. The number of rotatable bonds is 3. The van der Waals surface area contributed by atoms with E-state index in [2.05, 4.69) is 21.1 Å². The summed E-state index contributed by atoms with van der Waals surface area (Å²) in [6, 6.07) is 1.71. The zero-order valence-corrected chi connectivity index (χ0v) is 8.80. The molecule has 0 fully saturated rings. The van der Waals surface area contributed by atoms with Crippen LogP contribution in [0.25, 0.3) is 0 Å². The van der Waals surface area contributed by atoms with Crippen LogP contribution in [-0.2, 0) is 4.79 Å². The van der Waals surface area contributed by atoms with Crippen molar-refractivity contribution >= 4 is 38.9 Å². The summed E-state index contributed by atoms with van der Waals surface area (Å²) < 4.78 is 0.846. The van der Waals surface area contributed by atoms with E-state index in [0.717, 1.165) is 4.47 Å². The smallest absolute Gasteiger partial charge is 0.309 e. The van der Waals surface area contributed by atoms with E-state index >= 15 is 0 Å². The molecule has 0 aromatic carbocycles. The van der Waals surface area contributed by atoms with E-state index in [1.165, 1.54) is 11.3 Å². The Hall–Kier alpha value is -0.880. The molecule has 70 valence electrons. The Balaban J connectivity index is 2.85. The number of oxime groups is 1. The first-order valence-corrected chi connectivity index (χ1v) is 4.98. The monoisotopic (exact) mass is 263 g/mol. The van der Waals surface area contributed by atoms with Gasteiger partial charge in [0.1, 0.15) is 5.71 Å². The number of carboxylic acid groups (broad SMARTS) is 1. The molecule has 2 N–H and O–H groups in total. The summed E-state index contributed by atoms with van der Waals surface area (Å²) in [5, 5.41) is 21.8. The van der Waals surface area contributed by atoms with Crippen LogP contribution in [-0.4, -0.2) is 22.0 Å². The zero-order valence-electron chi connectivity index (χ0n) is 6.40. The van der Waals surface area contributed by atoms with E-state index in [0.29, 0.717) is 4.88 Å². The van der Waals surface area contributed by atoms with Gasteiger partial charge in [-0.25, -0.2) is 0 Å². The van der Waals surface area contributed by atoms with E-state index in [1.807, 2.05) is 0 Å². The maximum atomic E-state index is 10.3. The fourth-order valence-electron chi connectivity index (χ4n) is 0.779. The molecule has 0 amide bonds. The highest BCUT2D eigenvalue weighted by molar-refractivity contribution is 9.10. The first-order valence-electron chi connectivity index (χ1n) is 3.30. The van der Waals surface area contributed by atoms with Gasteiger partial charge in [-0.3, -0.25) is 4.79 Å². The van der Waals surface area contributed by atoms with Gasteiger partial charge < -0.3 is 10.3 Å². The van der Waals surface area contributed by atoms with Crippen LogP contribution in [0.4, 0.5) is 0 Å². The molecule has 0 bridgehead atoms. The van der Waals surface area contributed by atoms with Crippen LogP contribution in [0.1, 0.15) is 11.3 Å². The molecule has 1 rings (SSSR count). The molecule has 1 aromatic rings. The second kappa shape index (κ2) is 4.38. The Labute approximate surface area is 86.6 Å². The van der Waals surface area contributed by atoms with Crippen molar-refractivity contribution in [1.82, 2.24) is 0 Å². The molecule has 0 unspecified atom stereocenters. The van der Waals surface area contributed by atoms with Gasteiger partial charge in [0.15, 0.2) is 0 Å². The minimum Gasteiger partial charge on any atom is -0.481 e. The fraction of sp³-hybridized carbons (Fsp3) is 0.143. The third-order valence-electron chi connectivity index (χ3n) is 1.29. The highest BCUT2D eigenvalue weighted by Crippen LogP contribution is 2.21. The van der Waals surface area contributed by atoms with Gasteiger partial charge in [-0.2, -0.15) is 0 Å². The van der Waals surface area contributed by atoms with Gasteiger partial charge in [-0.1, -0.05) is 5.16 Å². The molecular weight excluding hydrogens is 258 g/mol. The van der Waals surface area contributed by atoms with E-state index in [9.17, 15) is 4.79 Å². The first-order chi connectivity index (χ1) is 6.13. The van der Waals surface area contributed by atoms with Crippen molar-refractivity contribution in [3.05, 3.63) is 20.8 Å². The lowest BCUT2D eigenvalue weighted by atomic mass is 10.2. The summed E-state index contributed by atoms with van der Waals surface area (Å²) in [6.45, 7) is 0. The van der Waals surface area contributed by atoms with Gasteiger partial charge in [0.05, 0.1) is 11.3 Å². The quantitative estimate of drug-likeness (QED) is 0.499. The van der Waals surface area contributed by atoms with Crippen LogP contribution < -0.4 is 0 Å². The number of nitrogens with zero attached hydrogens (tertiary/aromatic N) is 1. The van der Waals surface area contributed by atoms with Gasteiger partial charge in [0, 0.05) is 9.85 Å². The first kappa shape index (κ1) is 10.2. The maximum absolute atomic E-state index is 10.3. The van der Waals surface area contributed by atoms with E-state index in [4.69, 9.17) is 10.3 Å². The zero-order chi connectivity index (χ0) is 9.84. The lowest BCUT2D eigenvalue weighted by Crippen LogP contribution is -2.06. The summed E-state index contributed by atoms with van der Waals surface area (Å²) in [5.74, 6) is -1.02. The highest BCUT2D eigenvalue weighted by Gasteiger charge is 2.11. The lowest BCUT2D eigenvalue weighted by Gasteiger charge is -1.95. The average molecular weight is 264 g/mol. The van der Waals surface area contributed by atoms with Crippen LogP contribution in [0.5, 0.6) is 0 Å². The topological polar surface area (TPSA) is 69.9 Å². The van der Waals surface area contributed by atoms with Crippen molar-refractivity contribution in [3.8, 4) is 0 Å². The predicted molar refractivity (Wildman–Crippen MR) is 52.6 cm³/mol. The molecule has 0 atom stereocenters. The standard InChI is InChI=1S/C7H6BrNO3S/c8-4-1-6(13-3-4)5(9-12)2-7(10)11/h1,3,12H,2H2,(H,10,11)/b9-5-. The van der Waals surface area contributed by atoms with Crippen LogP contribution in [0, 0.1) is 0 Å². The third kappa shape index (κ3) is 2.82. The summed E-state index contributed by atoms with van der Waals surface area (Å²) >= 11 is 4.55. The Kier molecular flexibility index (Phi) is 3.44. The summed E-state index contributed by atoms with van der Waals surface area (Å²) in [6.07, 6.45) is -0.274.